The molecule has 2 unspecified atom stereocenters. The molecular weight excluding hydrogens is 717 g/mol. The fraction of sp³-hybridized carbons (Fsp3) is 0.727. The van der Waals surface area contributed by atoms with Crippen LogP contribution in [0.1, 0.15) is 149 Å². The van der Waals surface area contributed by atoms with Gasteiger partial charge in [0.1, 0.15) is 19.8 Å². The SMILES string of the molecule is CC/C=C\C/C=C\C/C=C\C/C=C\C=C\C(O)CCCC(=O)O[C@H](COC(=O)CCCCCCCCCCCCCCC)COP(=O)(O)OCC[N+](C)(C)C. The number of aliphatic hydroxyl groups excluding tert-OH is 1. The molecule has 55 heavy (non-hydrogen) atoms. The van der Waals surface area contributed by atoms with Crippen molar-refractivity contribution in [1.29, 1.82) is 0 Å². The Morgan fingerprint density at radius 2 is 1.18 bits per heavy atom. The van der Waals surface area contributed by atoms with Crippen molar-refractivity contribution in [3.8, 4) is 0 Å². The van der Waals surface area contributed by atoms with Gasteiger partial charge in [-0.15, -0.1) is 0 Å². The summed E-state index contributed by atoms with van der Waals surface area (Å²) in [6.07, 6.45) is 38.7. The van der Waals surface area contributed by atoms with Gasteiger partial charge in [0, 0.05) is 12.8 Å². The second kappa shape index (κ2) is 36.0. The number of nitrogens with zero attached hydrogens (tertiary/aromatic N) is 1. The van der Waals surface area contributed by atoms with Gasteiger partial charge in [-0.3, -0.25) is 18.6 Å². The normalized spacial score (nSPS) is 14.8. The van der Waals surface area contributed by atoms with Crippen LogP contribution in [-0.2, 0) is 32.7 Å². The van der Waals surface area contributed by atoms with Crippen molar-refractivity contribution in [2.24, 2.45) is 0 Å². The molecule has 11 heteroatoms. The molecular formula is C44H79NO9P+. The van der Waals surface area contributed by atoms with Gasteiger partial charge in [0.2, 0.25) is 0 Å². The lowest BCUT2D eigenvalue weighted by molar-refractivity contribution is -0.870. The van der Waals surface area contributed by atoms with Gasteiger partial charge < -0.3 is 24.0 Å². The molecule has 0 saturated heterocycles. The largest absolute Gasteiger partial charge is 0.472 e. The lowest BCUT2D eigenvalue weighted by Crippen LogP contribution is -2.37. The topological polar surface area (TPSA) is 129 Å². The molecule has 0 spiro atoms. The van der Waals surface area contributed by atoms with Crippen LogP contribution in [0.25, 0.3) is 0 Å². The minimum absolute atomic E-state index is 0.00506. The van der Waals surface area contributed by atoms with Crippen LogP contribution in [0.15, 0.2) is 60.8 Å². The summed E-state index contributed by atoms with van der Waals surface area (Å²) in [5.41, 5.74) is 0. The summed E-state index contributed by atoms with van der Waals surface area (Å²) in [6.45, 7) is 4.06. The summed E-state index contributed by atoms with van der Waals surface area (Å²) in [6, 6.07) is 0. The maximum absolute atomic E-state index is 12.7. The summed E-state index contributed by atoms with van der Waals surface area (Å²) in [5.74, 6) is -1.01. The number of rotatable bonds is 37. The first-order valence-electron chi connectivity index (χ1n) is 21.1. The molecule has 0 aliphatic rings. The molecule has 0 aromatic rings. The highest BCUT2D eigenvalue weighted by Crippen LogP contribution is 2.43. The Labute approximate surface area is 335 Å². The van der Waals surface area contributed by atoms with Gasteiger partial charge in [-0.25, -0.2) is 4.57 Å². The number of ether oxygens (including phenoxy) is 2. The van der Waals surface area contributed by atoms with E-state index in [9.17, 15) is 24.2 Å². The van der Waals surface area contributed by atoms with E-state index in [0.29, 0.717) is 30.3 Å². The Balaban J connectivity index is 4.61. The minimum Gasteiger partial charge on any atom is -0.462 e. The smallest absolute Gasteiger partial charge is 0.462 e. The van der Waals surface area contributed by atoms with Crippen molar-refractivity contribution >= 4 is 19.8 Å². The standard InChI is InChI=1S/C44H78NO9P/c1-6-8-10-12-14-16-18-20-22-24-26-28-30-33-41(46)34-32-36-44(48)54-42(40-53-55(49,50)52-38-37-45(3,4)5)39-51-43(47)35-31-29-27-25-23-21-19-17-15-13-11-9-7-2/h8,10,14,16,20,22,26,28,30,33,41-42,46H,6-7,9,11-13,15,17-19,21,23-25,27,29,31-32,34-40H2,1-5H3/p+1/b10-8-,16-14-,22-20-,28-26-,33-30+/t41?,42-/m1/s1. The monoisotopic (exact) mass is 797 g/mol. The molecule has 0 rings (SSSR count). The number of phosphoric ester groups is 1. The van der Waals surface area contributed by atoms with Gasteiger partial charge in [0.25, 0.3) is 0 Å². The summed E-state index contributed by atoms with van der Waals surface area (Å²) in [7, 11) is 1.35. The van der Waals surface area contributed by atoms with Gasteiger partial charge in [0.05, 0.1) is 33.9 Å². The zero-order valence-corrected chi connectivity index (χ0v) is 36.1. The number of phosphoric acid groups is 1. The van der Waals surface area contributed by atoms with Crippen LogP contribution >= 0.6 is 7.82 Å². The van der Waals surface area contributed by atoms with Crippen molar-refractivity contribution in [2.75, 3.05) is 47.5 Å². The second-order valence-corrected chi connectivity index (χ2v) is 16.7. The average Bonchev–Trinajstić information content (AvgIpc) is 3.12. The number of esters is 2. The lowest BCUT2D eigenvalue weighted by atomic mass is 10.0. The molecule has 3 atom stereocenters. The first-order valence-corrected chi connectivity index (χ1v) is 22.6. The molecule has 0 saturated carbocycles. The first kappa shape index (κ1) is 52.7. The van der Waals surface area contributed by atoms with Crippen LogP contribution in [0.3, 0.4) is 0 Å². The number of carbonyl (C=O) groups excluding carboxylic acids is 2. The van der Waals surface area contributed by atoms with E-state index in [1.165, 1.54) is 57.8 Å². The van der Waals surface area contributed by atoms with Crippen molar-refractivity contribution in [3.63, 3.8) is 0 Å². The molecule has 0 bridgehead atoms. The maximum atomic E-state index is 12.7. The number of unbranched alkanes of at least 4 members (excludes halogenated alkanes) is 12. The molecule has 0 aromatic carbocycles. The van der Waals surface area contributed by atoms with Crippen LogP contribution in [-0.4, -0.2) is 86.1 Å². The van der Waals surface area contributed by atoms with Crippen LogP contribution in [0, 0.1) is 0 Å². The van der Waals surface area contributed by atoms with E-state index in [1.54, 1.807) is 12.2 Å². The second-order valence-electron chi connectivity index (χ2n) is 15.2. The summed E-state index contributed by atoms with van der Waals surface area (Å²) >= 11 is 0. The molecule has 10 nitrogen and oxygen atoms in total. The van der Waals surface area contributed by atoms with Crippen molar-refractivity contribution in [3.05, 3.63) is 60.8 Å². The highest BCUT2D eigenvalue weighted by Gasteiger charge is 2.27. The lowest BCUT2D eigenvalue weighted by Gasteiger charge is -2.24. The molecule has 318 valence electrons. The molecule has 0 radical (unpaired) electrons. The number of hydrogen-bond donors (Lipinski definition) is 2. The van der Waals surface area contributed by atoms with E-state index < -0.39 is 38.6 Å². The molecule has 0 aliphatic carbocycles. The number of allylic oxidation sites excluding steroid dienone is 9. The maximum Gasteiger partial charge on any atom is 0.472 e. The Bertz CT molecular complexity index is 1140. The molecule has 0 fully saturated rings. The number of hydrogen-bond acceptors (Lipinski definition) is 8. The minimum atomic E-state index is -4.43. The van der Waals surface area contributed by atoms with E-state index in [2.05, 4.69) is 50.3 Å². The van der Waals surface area contributed by atoms with E-state index in [1.807, 2.05) is 33.3 Å². The third-order valence-electron chi connectivity index (χ3n) is 8.67. The van der Waals surface area contributed by atoms with E-state index in [-0.39, 0.29) is 26.1 Å². The van der Waals surface area contributed by atoms with Crippen molar-refractivity contribution in [2.45, 2.75) is 161 Å². The van der Waals surface area contributed by atoms with Crippen LogP contribution in [0.2, 0.25) is 0 Å². The first-order chi connectivity index (χ1) is 26.4. The number of carbonyl (C=O) groups is 2. The zero-order valence-electron chi connectivity index (χ0n) is 35.3. The Hall–Kier alpha value is -2.33. The van der Waals surface area contributed by atoms with Gasteiger partial charge in [-0.05, 0) is 44.9 Å². The van der Waals surface area contributed by atoms with Gasteiger partial charge in [-0.1, -0.05) is 152 Å². The highest BCUT2D eigenvalue weighted by molar-refractivity contribution is 7.47. The summed E-state index contributed by atoms with van der Waals surface area (Å²) in [4.78, 5) is 35.3. The third-order valence-corrected chi connectivity index (χ3v) is 9.65. The van der Waals surface area contributed by atoms with Crippen molar-refractivity contribution in [1.82, 2.24) is 0 Å². The fourth-order valence-corrected chi connectivity index (χ4v) is 6.08. The molecule has 0 amide bonds. The average molecular weight is 797 g/mol. The number of quaternary nitrogens is 1. The predicted molar refractivity (Wildman–Crippen MR) is 225 cm³/mol. The quantitative estimate of drug-likeness (QED) is 0.0158. The van der Waals surface area contributed by atoms with Gasteiger partial charge in [0.15, 0.2) is 6.10 Å². The molecule has 0 heterocycles. The Morgan fingerprint density at radius 3 is 1.75 bits per heavy atom. The van der Waals surface area contributed by atoms with Crippen LogP contribution in [0.4, 0.5) is 0 Å². The Morgan fingerprint density at radius 1 is 0.655 bits per heavy atom. The van der Waals surface area contributed by atoms with E-state index in [4.69, 9.17) is 18.5 Å². The van der Waals surface area contributed by atoms with E-state index >= 15 is 0 Å². The molecule has 0 aromatic heterocycles. The van der Waals surface area contributed by atoms with Gasteiger partial charge in [-0.2, -0.15) is 0 Å². The summed E-state index contributed by atoms with van der Waals surface area (Å²) in [5, 5.41) is 10.3. The van der Waals surface area contributed by atoms with E-state index in [0.717, 1.165) is 44.9 Å². The third kappa shape index (κ3) is 39.7. The zero-order chi connectivity index (χ0) is 40.9. The fourth-order valence-electron chi connectivity index (χ4n) is 5.34. The van der Waals surface area contributed by atoms with Gasteiger partial charge >= 0.3 is 19.8 Å². The Kier molecular flexibility index (Phi) is 34.5. The molecule has 0 aliphatic heterocycles. The van der Waals surface area contributed by atoms with Crippen LogP contribution < -0.4 is 0 Å². The molecule has 2 N–H and O–H groups in total. The highest BCUT2D eigenvalue weighted by atomic mass is 31.2. The summed E-state index contributed by atoms with van der Waals surface area (Å²) < 4.78 is 34.1. The van der Waals surface area contributed by atoms with Crippen molar-refractivity contribution < 1.29 is 47.2 Å². The van der Waals surface area contributed by atoms with Crippen LogP contribution in [0.5, 0.6) is 0 Å². The number of aliphatic hydroxyl groups is 1. The number of likely N-dealkylation sites (N-methyl/N-ethyl adjacent to an activating group) is 1. The predicted octanol–water partition coefficient (Wildman–Crippen LogP) is 10.7.